The van der Waals surface area contributed by atoms with Crippen molar-refractivity contribution in [2.45, 2.75) is 24.3 Å². The third kappa shape index (κ3) is 2.84. The Morgan fingerprint density at radius 1 is 1.33 bits per heavy atom. The van der Waals surface area contributed by atoms with Gasteiger partial charge in [-0.25, -0.2) is 0 Å². The molecule has 0 aromatic heterocycles. The molecule has 0 bridgehead atoms. The van der Waals surface area contributed by atoms with Crippen LogP contribution in [-0.4, -0.2) is 62.7 Å². The van der Waals surface area contributed by atoms with E-state index in [2.05, 4.69) is 0 Å². The van der Waals surface area contributed by atoms with Gasteiger partial charge in [-0.2, -0.15) is 0 Å². The summed E-state index contributed by atoms with van der Waals surface area (Å²) in [5.74, 6) is 0. The zero-order chi connectivity index (χ0) is 13.4. The predicted molar refractivity (Wildman–Crippen MR) is 37.2 cm³/mol. The summed E-state index contributed by atoms with van der Waals surface area (Å²) in [6.07, 6.45) is -16.0. The summed E-state index contributed by atoms with van der Waals surface area (Å²) in [5, 5.41) is 44.8. The first-order chi connectivity index (χ1) is 6.92. The maximum Gasteiger partial charge on any atom is 0.151 e. The van der Waals surface area contributed by atoms with Crippen LogP contribution in [-0.2, 0) is 4.79 Å². The van der Waals surface area contributed by atoms with Gasteiger partial charge in [0.05, 0.1) is 10.7 Å². The van der Waals surface area contributed by atoms with Crippen LogP contribution in [0.25, 0.3) is 0 Å². The van der Waals surface area contributed by atoms with E-state index in [0.717, 1.165) is 0 Å². The van der Waals surface area contributed by atoms with Crippen molar-refractivity contribution in [3.05, 3.63) is 0 Å². The van der Waals surface area contributed by atoms with Gasteiger partial charge >= 0.3 is 0 Å². The Bertz CT molecular complexity index is 278. The summed E-state index contributed by atoms with van der Waals surface area (Å²) in [5.41, 5.74) is 0. The Morgan fingerprint density at radius 2 is 1.83 bits per heavy atom. The van der Waals surface area contributed by atoms with Gasteiger partial charge in [-0.1, -0.05) is 0 Å². The first kappa shape index (κ1) is 6.01. The minimum Gasteiger partial charge on any atom is -0.394 e. The third-order valence-corrected chi connectivity index (χ3v) is 1.05. The third-order valence-electron chi connectivity index (χ3n) is 1.05. The zero-order valence-corrected chi connectivity index (χ0v) is 5.93. The van der Waals surface area contributed by atoms with Crippen molar-refractivity contribution in [3.8, 4) is 0 Å². The van der Waals surface area contributed by atoms with Crippen molar-refractivity contribution in [2.75, 3.05) is 6.61 Å². The Balaban J connectivity index is 5.42. The zero-order valence-electron chi connectivity index (χ0n) is 9.93. The van der Waals surface area contributed by atoms with Gasteiger partial charge in [0.1, 0.15) is 25.7 Å². The summed E-state index contributed by atoms with van der Waals surface area (Å²) in [7, 11) is 0. The number of aliphatic hydroxyl groups is 5. The molecule has 0 aliphatic carbocycles. The summed E-state index contributed by atoms with van der Waals surface area (Å²) in [4.78, 5) is 10.5. The topological polar surface area (TPSA) is 118 Å². The Hall–Kier alpha value is -0.530. The van der Waals surface area contributed by atoms with Crippen LogP contribution in [0, 0.1) is 0 Å². The average molecular weight is 184 g/mol. The molecular formula is C6H12O6. The fourth-order valence-corrected chi connectivity index (χ4v) is 0.414. The lowest BCUT2D eigenvalue weighted by Gasteiger charge is -2.22. The van der Waals surface area contributed by atoms with E-state index in [1.807, 2.05) is 0 Å². The van der Waals surface area contributed by atoms with Crippen molar-refractivity contribution < 1.29 is 35.8 Å². The van der Waals surface area contributed by atoms with Crippen LogP contribution in [0.1, 0.15) is 5.48 Å². The maximum absolute atomic E-state index is 10.5. The monoisotopic (exact) mass is 184 g/mol. The maximum atomic E-state index is 10.5. The van der Waals surface area contributed by atoms with E-state index in [4.69, 9.17) is 20.8 Å². The van der Waals surface area contributed by atoms with E-state index in [0.29, 0.717) is 0 Å². The second-order valence-electron chi connectivity index (χ2n) is 1.88. The van der Waals surface area contributed by atoms with Crippen molar-refractivity contribution in [1.29, 1.82) is 0 Å². The lowest BCUT2D eigenvalue weighted by Crippen LogP contribution is -2.46. The predicted octanol–water partition coefficient (Wildman–Crippen LogP) is -3.38. The van der Waals surface area contributed by atoms with Crippen LogP contribution >= 0.6 is 0 Å². The number of aliphatic hydroxyl groups excluding tert-OH is 2. The number of carbonyl (C=O) groups is 1. The quantitative estimate of drug-likeness (QED) is 0.284. The molecule has 0 rings (SSSR count). The van der Waals surface area contributed by atoms with E-state index in [1.54, 1.807) is 0 Å². The first-order valence-corrected chi connectivity index (χ1v) is 2.90. The van der Waals surface area contributed by atoms with Crippen LogP contribution in [0.3, 0.4) is 0 Å². The number of aldehydes is 1. The lowest BCUT2D eigenvalue weighted by molar-refractivity contribution is -0.136. The van der Waals surface area contributed by atoms with Crippen LogP contribution in [0.4, 0.5) is 0 Å². The average Bonchev–Trinajstić information content (AvgIpc) is 2.15. The molecule has 0 spiro atoms. The molecule has 0 aliphatic heterocycles. The van der Waals surface area contributed by atoms with Gasteiger partial charge in [0.2, 0.25) is 0 Å². The standard InChI is InChI=1S/C6H12O6/c7-1-3(9)5(11)6(12)4(10)2-8/h1,3-6,8-12H,2H2/t3-,4+,5+,6-/m0/s1/i1D,3D,5D,6D. The summed E-state index contributed by atoms with van der Waals surface area (Å²) in [6.45, 7) is -1.26. The fourth-order valence-electron chi connectivity index (χ4n) is 0.414. The first-order valence-electron chi connectivity index (χ1n) is 4.90. The van der Waals surface area contributed by atoms with Gasteiger partial charge in [-0.15, -0.1) is 0 Å². The van der Waals surface area contributed by atoms with Gasteiger partial charge in [0.25, 0.3) is 0 Å². The van der Waals surface area contributed by atoms with E-state index < -0.39 is 37.2 Å². The smallest absolute Gasteiger partial charge is 0.151 e. The minimum atomic E-state index is -3.92. The summed E-state index contributed by atoms with van der Waals surface area (Å²) >= 11 is 0. The SMILES string of the molecule is [2H]C(=O)[C@]([2H])(O)[C@@]([2H])(O)[C@@]([2H])(O)[C@H](O)CO. The van der Waals surface area contributed by atoms with Crippen molar-refractivity contribution in [1.82, 2.24) is 0 Å². The van der Waals surface area contributed by atoms with Gasteiger partial charge < -0.3 is 30.3 Å². The Morgan fingerprint density at radius 3 is 2.17 bits per heavy atom. The molecule has 6 heteroatoms. The van der Waals surface area contributed by atoms with Crippen LogP contribution < -0.4 is 0 Å². The van der Waals surface area contributed by atoms with Crippen molar-refractivity contribution >= 4 is 6.26 Å². The van der Waals surface area contributed by atoms with Gasteiger partial charge in [-0.05, 0) is 0 Å². The largest absolute Gasteiger partial charge is 0.394 e. The normalized spacial score (nSPS) is 33.8. The molecule has 4 atom stereocenters. The molecule has 0 aromatic carbocycles. The van der Waals surface area contributed by atoms with E-state index in [9.17, 15) is 15.0 Å². The number of hydrogen-bond donors (Lipinski definition) is 5. The highest BCUT2D eigenvalue weighted by Gasteiger charge is 2.29. The molecule has 0 unspecified atom stereocenters. The molecule has 0 heterocycles. The highest BCUT2D eigenvalue weighted by atomic mass is 16.4. The molecule has 0 amide bonds. The van der Waals surface area contributed by atoms with Crippen molar-refractivity contribution in [3.63, 3.8) is 0 Å². The number of rotatable bonds is 5. The number of carbonyl (C=O) groups excluding carboxylic acids is 1. The molecule has 5 N–H and O–H groups in total. The molecule has 6 nitrogen and oxygen atoms in total. The lowest BCUT2D eigenvalue weighted by atomic mass is 10.0. The second-order valence-corrected chi connectivity index (χ2v) is 1.88. The Kier molecular flexibility index (Phi) is 2.59. The minimum absolute atomic E-state index is 1.26. The molecule has 12 heavy (non-hydrogen) atoms. The molecule has 0 saturated carbocycles. The molecule has 0 aromatic rings. The molecule has 0 saturated heterocycles. The molecule has 0 radical (unpaired) electrons. The van der Waals surface area contributed by atoms with Crippen molar-refractivity contribution in [2.24, 2.45) is 0 Å². The van der Waals surface area contributed by atoms with E-state index >= 15 is 0 Å². The fraction of sp³-hybridized carbons (Fsp3) is 0.833. The molecular weight excluding hydrogens is 168 g/mol. The summed E-state index contributed by atoms with van der Waals surface area (Å²) in [6, 6.07) is 0. The second kappa shape index (κ2) is 5.18. The van der Waals surface area contributed by atoms with E-state index in [-0.39, 0.29) is 0 Å². The molecule has 72 valence electrons. The van der Waals surface area contributed by atoms with Crippen LogP contribution in [0.2, 0.25) is 0 Å². The van der Waals surface area contributed by atoms with Gasteiger partial charge in [-0.3, -0.25) is 0 Å². The Labute approximate surface area is 74.3 Å². The summed E-state index contributed by atoms with van der Waals surface area (Å²) < 4.78 is 27.2. The molecule has 0 aliphatic rings. The molecule has 0 fully saturated rings. The van der Waals surface area contributed by atoms with Crippen LogP contribution in [0.15, 0.2) is 0 Å². The highest BCUT2D eigenvalue weighted by molar-refractivity contribution is 5.56. The number of hydrogen-bond acceptors (Lipinski definition) is 6. The van der Waals surface area contributed by atoms with Gasteiger partial charge in [0.15, 0.2) is 6.26 Å². The van der Waals surface area contributed by atoms with E-state index in [1.165, 1.54) is 0 Å². The highest BCUT2D eigenvalue weighted by Crippen LogP contribution is 2.02. The van der Waals surface area contributed by atoms with Crippen LogP contribution in [0.5, 0.6) is 0 Å². The van der Waals surface area contributed by atoms with Gasteiger partial charge in [0, 0.05) is 0 Å².